The highest BCUT2D eigenvalue weighted by atomic mass is 32.1. The quantitative estimate of drug-likeness (QED) is 0.895. The molecule has 0 bridgehead atoms. The Bertz CT molecular complexity index is 325. The maximum Gasteiger partial charge on any atom is 0.0795 e. The van der Waals surface area contributed by atoms with Crippen molar-refractivity contribution < 1.29 is 0 Å². The van der Waals surface area contributed by atoms with Crippen LogP contribution in [0.2, 0.25) is 0 Å². The number of hydrogen-bond acceptors (Lipinski definition) is 4. The van der Waals surface area contributed by atoms with E-state index in [9.17, 15) is 0 Å². The summed E-state index contributed by atoms with van der Waals surface area (Å²) in [5, 5.41) is 2.12. The van der Waals surface area contributed by atoms with Gasteiger partial charge in [-0.05, 0) is 38.1 Å². The van der Waals surface area contributed by atoms with E-state index in [4.69, 9.17) is 5.73 Å². The average Bonchev–Trinajstić information content (AvgIpc) is 2.76. The minimum absolute atomic E-state index is 0.393. The van der Waals surface area contributed by atoms with Crippen molar-refractivity contribution in [3.63, 3.8) is 0 Å². The highest BCUT2D eigenvalue weighted by Gasteiger charge is 2.26. The molecular weight excluding hydrogens is 230 g/mol. The largest absolute Gasteiger partial charge is 0.327 e. The van der Waals surface area contributed by atoms with Crippen molar-refractivity contribution in [2.24, 2.45) is 17.6 Å². The number of hydrogen-bond donors (Lipinski definition) is 1. The van der Waals surface area contributed by atoms with E-state index in [1.807, 2.05) is 5.51 Å². The zero-order chi connectivity index (χ0) is 12.3. The van der Waals surface area contributed by atoms with E-state index in [1.54, 1.807) is 11.3 Å². The van der Waals surface area contributed by atoms with Crippen LogP contribution in [-0.2, 0) is 6.54 Å². The molecule has 3 nitrogen and oxygen atoms in total. The third kappa shape index (κ3) is 3.76. The van der Waals surface area contributed by atoms with Gasteiger partial charge in [0.05, 0.1) is 11.2 Å². The first-order valence-electron chi connectivity index (χ1n) is 6.46. The van der Waals surface area contributed by atoms with Gasteiger partial charge in [-0.15, -0.1) is 11.3 Å². The average molecular weight is 253 g/mol. The molecule has 1 aliphatic carbocycles. The molecule has 2 N–H and O–H groups in total. The zero-order valence-corrected chi connectivity index (χ0v) is 11.6. The fourth-order valence-electron chi connectivity index (χ4n) is 2.79. The molecule has 1 aliphatic rings. The second-order valence-electron chi connectivity index (χ2n) is 5.52. The van der Waals surface area contributed by atoms with E-state index in [0.717, 1.165) is 19.0 Å². The van der Waals surface area contributed by atoms with Crippen molar-refractivity contribution in [1.82, 2.24) is 9.88 Å². The molecular formula is C13H23N3S. The molecule has 0 aromatic carbocycles. The monoisotopic (exact) mass is 253 g/mol. The van der Waals surface area contributed by atoms with Crippen LogP contribution in [0.4, 0.5) is 0 Å². The van der Waals surface area contributed by atoms with E-state index in [2.05, 4.69) is 29.2 Å². The minimum atomic E-state index is 0.393. The van der Waals surface area contributed by atoms with Crippen LogP contribution in [0.1, 0.15) is 31.9 Å². The molecule has 1 saturated carbocycles. The lowest BCUT2D eigenvalue weighted by molar-refractivity contribution is 0.176. The lowest BCUT2D eigenvalue weighted by Gasteiger charge is -2.35. The van der Waals surface area contributed by atoms with E-state index >= 15 is 0 Å². The first-order chi connectivity index (χ1) is 8.15. The highest BCUT2D eigenvalue weighted by Crippen LogP contribution is 2.28. The zero-order valence-electron chi connectivity index (χ0n) is 10.8. The fourth-order valence-corrected chi connectivity index (χ4v) is 3.34. The molecule has 0 amide bonds. The summed E-state index contributed by atoms with van der Waals surface area (Å²) in [6, 6.07) is 0.393. The van der Waals surface area contributed by atoms with Gasteiger partial charge < -0.3 is 10.6 Å². The molecule has 3 atom stereocenters. The third-order valence-electron chi connectivity index (χ3n) is 3.76. The third-order valence-corrected chi connectivity index (χ3v) is 4.40. The molecule has 1 aromatic rings. The topological polar surface area (TPSA) is 42.1 Å². The van der Waals surface area contributed by atoms with Gasteiger partial charge in [-0.3, -0.25) is 0 Å². The number of thiazole rings is 1. The summed E-state index contributed by atoms with van der Waals surface area (Å²) in [5.41, 5.74) is 9.30. The number of aromatic nitrogens is 1. The summed E-state index contributed by atoms with van der Waals surface area (Å²) in [6.45, 7) is 4.39. The molecule has 1 aromatic heterocycles. The van der Waals surface area contributed by atoms with Gasteiger partial charge in [0, 0.05) is 24.5 Å². The Morgan fingerprint density at radius 1 is 1.53 bits per heavy atom. The molecule has 4 heteroatoms. The van der Waals surface area contributed by atoms with Crippen molar-refractivity contribution in [1.29, 1.82) is 0 Å². The molecule has 96 valence electrons. The summed E-state index contributed by atoms with van der Waals surface area (Å²) in [7, 11) is 2.17. The molecule has 1 heterocycles. The lowest BCUT2D eigenvalue weighted by Crippen LogP contribution is -2.41. The molecule has 3 unspecified atom stereocenters. The van der Waals surface area contributed by atoms with Crippen LogP contribution in [0, 0.1) is 11.8 Å². The van der Waals surface area contributed by atoms with Gasteiger partial charge in [0.15, 0.2) is 0 Å². The Morgan fingerprint density at radius 3 is 3.06 bits per heavy atom. The van der Waals surface area contributed by atoms with Crippen LogP contribution in [0.15, 0.2) is 10.9 Å². The van der Waals surface area contributed by atoms with Gasteiger partial charge in [0.2, 0.25) is 0 Å². The van der Waals surface area contributed by atoms with Crippen molar-refractivity contribution in [2.75, 3.05) is 13.6 Å². The summed E-state index contributed by atoms with van der Waals surface area (Å²) >= 11 is 1.67. The number of nitrogens with two attached hydrogens (primary N) is 1. The Morgan fingerprint density at radius 2 is 2.35 bits per heavy atom. The molecule has 0 radical (unpaired) electrons. The second kappa shape index (κ2) is 5.94. The first-order valence-corrected chi connectivity index (χ1v) is 7.40. The lowest BCUT2D eigenvalue weighted by atomic mass is 9.79. The van der Waals surface area contributed by atoms with Gasteiger partial charge >= 0.3 is 0 Å². The standard InChI is InChI=1S/C13H23N3S/c1-10-3-4-13(14)11(5-10)6-16(2)7-12-8-17-9-15-12/h8-11,13H,3-7,14H2,1-2H3. The van der Waals surface area contributed by atoms with E-state index in [0.29, 0.717) is 12.0 Å². The van der Waals surface area contributed by atoms with Crippen LogP contribution >= 0.6 is 11.3 Å². The van der Waals surface area contributed by atoms with Crippen molar-refractivity contribution in [2.45, 2.75) is 38.8 Å². The SMILES string of the molecule is CC1CCC(N)C(CN(C)Cc2cscn2)C1. The van der Waals surface area contributed by atoms with Gasteiger partial charge in [-0.1, -0.05) is 6.92 Å². The first kappa shape index (κ1) is 13.0. The molecule has 0 spiro atoms. The van der Waals surface area contributed by atoms with Gasteiger partial charge in [-0.25, -0.2) is 4.98 Å². The van der Waals surface area contributed by atoms with Gasteiger partial charge in [0.1, 0.15) is 0 Å². The molecule has 0 aliphatic heterocycles. The summed E-state index contributed by atoms with van der Waals surface area (Å²) < 4.78 is 0. The van der Waals surface area contributed by atoms with Crippen LogP contribution in [0.25, 0.3) is 0 Å². The van der Waals surface area contributed by atoms with Crippen molar-refractivity contribution in [3.8, 4) is 0 Å². The molecule has 2 rings (SSSR count). The van der Waals surface area contributed by atoms with Crippen LogP contribution in [-0.4, -0.2) is 29.5 Å². The molecule has 1 fully saturated rings. The van der Waals surface area contributed by atoms with Crippen molar-refractivity contribution >= 4 is 11.3 Å². The smallest absolute Gasteiger partial charge is 0.0795 e. The summed E-state index contributed by atoms with van der Waals surface area (Å²) in [6.07, 6.45) is 3.77. The maximum absolute atomic E-state index is 6.22. The minimum Gasteiger partial charge on any atom is -0.327 e. The fraction of sp³-hybridized carbons (Fsp3) is 0.769. The summed E-state index contributed by atoms with van der Waals surface area (Å²) in [5.74, 6) is 1.50. The normalized spacial score (nSPS) is 29.8. The Hall–Kier alpha value is -0.450. The molecule has 17 heavy (non-hydrogen) atoms. The van der Waals surface area contributed by atoms with E-state index < -0.39 is 0 Å². The van der Waals surface area contributed by atoms with Gasteiger partial charge in [0.25, 0.3) is 0 Å². The predicted molar refractivity (Wildman–Crippen MR) is 72.9 cm³/mol. The summed E-state index contributed by atoms with van der Waals surface area (Å²) in [4.78, 5) is 6.69. The molecule has 0 saturated heterocycles. The second-order valence-corrected chi connectivity index (χ2v) is 6.24. The Balaban J connectivity index is 1.82. The Labute approximate surface area is 108 Å². The van der Waals surface area contributed by atoms with Gasteiger partial charge in [-0.2, -0.15) is 0 Å². The Kier molecular flexibility index (Phi) is 4.54. The highest BCUT2D eigenvalue weighted by molar-refractivity contribution is 7.07. The van der Waals surface area contributed by atoms with E-state index in [1.165, 1.54) is 25.0 Å². The maximum atomic E-state index is 6.22. The van der Waals surface area contributed by atoms with Crippen LogP contribution in [0.3, 0.4) is 0 Å². The number of rotatable bonds is 4. The van der Waals surface area contributed by atoms with Crippen LogP contribution in [0.5, 0.6) is 0 Å². The predicted octanol–water partition coefficient (Wildman–Crippen LogP) is 2.34. The number of nitrogens with zero attached hydrogens (tertiary/aromatic N) is 2. The van der Waals surface area contributed by atoms with Crippen LogP contribution < -0.4 is 5.73 Å². The van der Waals surface area contributed by atoms with E-state index in [-0.39, 0.29) is 0 Å². The van der Waals surface area contributed by atoms with Crippen molar-refractivity contribution in [3.05, 3.63) is 16.6 Å².